The zero-order valence-corrected chi connectivity index (χ0v) is 18.0. The van der Waals surface area contributed by atoms with Crippen molar-refractivity contribution in [3.63, 3.8) is 0 Å². The summed E-state index contributed by atoms with van der Waals surface area (Å²) >= 11 is 0. The van der Waals surface area contributed by atoms with Crippen LogP contribution in [0, 0.1) is 0 Å². The monoisotopic (exact) mass is 448 g/mol. The average Bonchev–Trinajstić information content (AvgIpc) is 3.41. The summed E-state index contributed by atoms with van der Waals surface area (Å²) in [7, 11) is 0. The lowest BCUT2D eigenvalue weighted by atomic mass is 9.85. The molecule has 5 rings (SSSR count). The van der Waals surface area contributed by atoms with Crippen molar-refractivity contribution in [2.24, 2.45) is 0 Å². The van der Waals surface area contributed by atoms with E-state index in [1.165, 1.54) is 0 Å². The normalized spacial score (nSPS) is 17.8. The standard InChI is InChI=1S/C23H24N6O4/c30-20(31)8-11-28-15-29(17-4-2-1-3-5-17)23(22(28)33)9-12-27(13-10-23)21(32)16-6-7-18-19(14-16)25-26-24-18/h1-7,14H,8-13,15H2,(H,30,31)(H,24,25,26). The van der Waals surface area contributed by atoms with Crippen molar-refractivity contribution in [1.29, 1.82) is 0 Å². The summed E-state index contributed by atoms with van der Waals surface area (Å²) in [5.41, 5.74) is 2.06. The van der Waals surface area contributed by atoms with E-state index in [-0.39, 0.29) is 24.8 Å². The quantitative estimate of drug-likeness (QED) is 0.609. The molecule has 0 atom stereocenters. The second-order valence-corrected chi connectivity index (χ2v) is 8.48. The second-order valence-electron chi connectivity index (χ2n) is 8.48. The lowest BCUT2D eigenvalue weighted by Crippen LogP contribution is -2.57. The maximum absolute atomic E-state index is 13.5. The predicted molar refractivity (Wildman–Crippen MR) is 120 cm³/mol. The molecule has 0 radical (unpaired) electrons. The zero-order chi connectivity index (χ0) is 23.0. The molecule has 2 N–H and O–H groups in total. The van der Waals surface area contributed by atoms with Crippen LogP contribution in [-0.4, -0.2) is 79.9 Å². The number of H-pyrrole nitrogens is 1. The van der Waals surface area contributed by atoms with Gasteiger partial charge in [-0.05, 0) is 43.2 Å². The summed E-state index contributed by atoms with van der Waals surface area (Å²) in [6.45, 7) is 1.36. The van der Waals surface area contributed by atoms with Gasteiger partial charge in [-0.1, -0.05) is 23.4 Å². The van der Waals surface area contributed by atoms with Gasteiger partial charge in [-0.25, -0.2) is 0 Å². The van der Waals surface area contributed by atoms with E-state index in [0.29, 0.717) is 43.7 Å². The smallest absolute Gasteiger partial charge is 0.305 e. The molecule has 10 heteroatoms. The van der Waals surface area contributed by atoms with Crippen LogP contribution in [0.4, 0.5) is 5.69 Å². The third kappa shape index (κ3) is 3.67. The number of aliphatic carboxylic acids is 1. The molecule has 0 unspecified atom stereocenters. The van der Waals surface area contributed by atoms with E-state index >= 15 is 0 Å². The molecular formula is C23H24N6O4. The Morgan fingerprint density at radius 2 is 1.85 bits per heavy atom. The highest BCUT2D eigenvalue weighted by molar-refractivity contribution is 5.98. The molecule has 1 aromatic heterocycles. The van der Waals surface area contributed by atoms with Gasteiger partial charge < -0.3 is 19.8 Å². The van der Waals surface area contributed by atoms with Crippen LogP contribution in [0.25, 0.3) is 11.0 Å². The minimum atomic E-state index is -0.931. The molecule has 3 heterocycles. The lowest BCUT2D eigenvalue weighted by Gasteiger charge is -2.43. The van der Waals surface area contributed by atoms with Crippen LogP contribution in [0.1, 0.15) is 29.6 Å². The fourth-order valence-electron chi connectivity index (χ4n) is 4.84. The largest absolute Gasteiger partial charge is 0.481 e. The molecule has 2 aliphatic heterocycles. The summed E-state index contributed by atoms with van der Waals surface area (Å²) in [5.74, 6) is -1.10. The number of carbonyl (C=O) groups excluding carboxylic acids is 2. The zero-order valence-electron chi connectivity index (χ0n) is 18.0. The van der Waals surface area contributed by atoms with Crippen LogP contribution >= 0.6 is 0 Å². The molecule has 10 nitrogen and oxygen atoms in total. The van der Waals surface area contributed by atoms with Crippen molar-refractivity contribution in [3.05, 3.63) is 54.1 Å². The summed E-state index contributed by atoms with van der Waals surface area (Å²) in [6, 6.07) is 14.9. The van der Waals surface area contributed by atoms with Gasteiger partial charge in [0.15, 0.2) is 0 Å². The minimum absolute atomic E-state index is 0.0660. The van der Waals surface area contributed by atoms with Crippen molar-refractivity contribution in [2.75, 3.05) is 31.2 Å². The van der Waals surface area contributed by atoms with E-state index in [2.05, 4.69) is 20.3 Å². The van der Waals surface area contributed by atoms with Gasteiger partial charge >= 0.3 is 5.97 Å². The van der Waals surface area contributed by atoms with Crippen LogP contribution < -0.4 is 4.90 Å². The molecule has 2 amide bonds. The molecule has 2 saturated heterocycles. The number of benzene rings is 2. The molecule has 2 aliphatic rings. The number of piperidine rings is 1. The molecule has 2 aromatic carbocycles. The van der Waals surface area contributed by atoms with Crippen LogP contribution in [0.2, 0.25) is 0 Å². The number of anilines is 1. The number of aromatic amines is 1. The molecule has 0 saturated carbocycles. The summed E-state index contributed by atoms with van der Waals surface area (Å²) < 4.78 is 0. The number of aromatic nitrogens is 3. The van der Waals surface area contributed by atoms with Crippen LogP contribution in [0.5, 0.6) is 0 Å². The minimum Gasteiger partial charge on any atom is -0.481 e. The van der Waals surface area contributed by atoms with Gasteiger partial charge in [0.25, 0.3) is 5.91 Å². The second kappa shape index (κ2) is 8.19. The highest BCUT2D eigenvalue weighted by Gasteiger charge is 2.54. The summed E-state index contributed by atoms with van der Waals surface area (Å²) in [6.07, 6.45) is 0.851. The number of likely N-dealkylation sites (tertiary alicyclic amines) is 1. The third-order valence-electron chi connectivity index (χ3n) is 6.63. The lowest BCUT2D eigenvalue weighted by molar-refractivity contribution is -0.138. The average molecular weight is 448 g/mol. The number of para-hydroxylation sites is 1. The number of fused-ring (bicyclic) bond motifs is 1. The van der Waals surface area contributed by atoms with Crippen LogP contribution in [0.3, 0.4) is 0 Å². The molecule has 0 aliphatic carbocycles. The van der Waals surface area contributed by atoms with Crippen molar-refractivity contribution in [1.82, 2.24) is 25.2 Å². The number of carbonyl (C=O) groups is 3. The first-order valence-electron chi connectivity index (χ1n) is 10.9. The van der Waals surface area contributed by atoms with Crippen molar-refractivity contribution >= 4 is 34.5 Å². The Bertz CT molecular complexity index is 1200. The number of nitrogens with zero attached hydrogens (tertiary/aromatic N) is 5. The third-order valence-corrected chi connectivity index (χ3v) is 6.63. The van der Waals surface area contributed by atoms with E-state index < -0.39 is 11.5 Å². The first-order chi connectivity index (χ1) is 16.0. The number of hydrogen-bond donors (Lipinski definition) is 2. The Morgan fingerprint density at radius 3 is 2.58 bits per heavy atom. The number of amides is 2. The van der Waals surface area contributed by atoms with E-state index in [9.17, 15) is 14.4 Å². The number of carboxylic acids is 1. The molecular weight excluding hydrogens is 424 g/mol. The van der Waals surface area contributed by atoms with E-state index in [1.54, 1.807) is 28.0 Å². The Morgan fingerprint density at radius 1 is 1.09 bits per heavy atom. The molecule has 1 spiro atoms. The summed E-state index contributed by atoms with van der Waals surface area (Å²) in [5, 5.41) is 19.6. The van der Waals surface area contributed by atoms with Crippen LogP contribution in [-0.2, 0) is 9.59 Å². The van der Waals surface area contributed by atoms with Gasteiger partial charge in [-0.15, -0.1) is 5.10 Å². The number of nitrogens with one attached hydrogen (secondary N) is 1. The highest BCUT2D eigenvalue weighted by Crippen LogP contribution is 2.39. The van der Waals surface area contributed by atoms with Gasteiger partial charge in [0.1, 0.15) is 11.1 Å². The Balaban J connectivity index is 1.37. The van der Waals surface area contributed by atoms with E-state index in [0.717, 1.165) is 11.2 Å². The molecule has 170 valence electrons. The molecule has 0 bridgehead atoms. The van der Waals surface area contributed by atoms with E-state index in [1.807, 2.05) is 30.3 Å². The fraction of sp³-hybridized carbons (Fsp3) is 0.348. The topological polar surface area (TPSA) is 123 Å². The van der Waals surface area contributed by atoms with Crippen LogP contribution in [0.15, 0.2) is 48.5 Å². The maximum atomic E-state index is 13.5. The number of rotatable bonds is 5. The molecule has 2 fully saturated rings. The number of hydrogen-bond acceptors (Lipinski definition) is 6. The Kier molecular flexibility index (Phi) is 5.20. The van der Waals surface area contributed by atoms with Gasteiger partial charge in [0, 0.05) is 30.9 Å². The predicted octanol–water partition coefficient (Wildman–Crippen LogP) is 1.71. The van der Waals surface area contributed by atoms with Crippen molar-refractivity contribution in [2.45, 2.75) is 24.8 Å². The van der Waals surface area contributed by atoms with Gasteiger partial charge in [0.2, 0.25) is 5.91 Å². The summed E-state index contributed by atoms with van der Waals surface area (Å²) in [4.78, 5) is 43.2. The highest BCUT2D eigenvalue weighted by atomic mass is 16.4. The first-order valence-corrected chi connectivity index (χ1v) is 10.9. The van der Waals surface area contributed by atoms with Crippen molar-refractivity contribution < 1.29 is 19.5 Å². The van der Waals surface area contributed by atoms with E-state index in [4.69, 9.17) is 5.11 Å². The SMILES string of the molecule is O=C(O)CCN1CN(c2ccccc2)C2(CCN(C(=O)c3ccc4[nH]nnc4c3)CC2)C1=O. The van der Waals surface area contributed by atoms with Gasteiger partial charge in [-0.3, -0.25) is 19.5 Å². The Hall–Kier alpha value is -3.95. The Labute approximate surface area is 189 Å². The van der Waals surface area contributed by atoms with Crippen molar-refractivity contribution in [3.8, 4) is 0 Å². The fourth-order valence-corrected chi connectivity index (χ4v) is 4.84. The molecule has 3 aromatic rings. The van der Waals surface area contributed by atoms with Gasteiger partial charge in [-0.2, -0.15) is 0 Å². The maximum Gasteiger partial charge on any atom is 0.305 e. The first kappa shape index (κ1) is 20.9. The molecule has 33 heavy (non-hydrogen) atoms. The van der Waals surface area contributed by atoms with Gasteiger partial charge in [0.05, 0.1) is 18.6 Å². The number of carboxylic acid groups (broad SMARTS) is 1.